The summed E-state index contributed by atoms with van der Waals surface area (Å²) in [6, 6.07) is 0.622. The van der Waals surface area contributed by atoms with Crippen LogP contribution in [0.1, 0.15) is 53.9 Å². The normalized spacial score (nSPS) is 13.4. The fourth-order valence-electron chi connectivity index (χ4n) is 1.70. The third-order valence-electron chi connectivity index (χ3n) is 2.47. The third-order valence-corrected chi connectivity index (χ3v) is 3.48. The van der Waals surface area contributed by atoms with E-state index < -0.39 is 0 Å². The van der Waals surface area contributed by atoms with Crippen molar-refractivity contribution in [2.75, 3.05) is 18.1 Å². The average Bonchev–Trinajstić information content (AvgIpc) is 2.24. The van der Waals surface area contributed by atoms with Crippen LogP contribution in [-0.4, -0.2) is 35.7 Å². The first-order valence-electron chi connectivity index (χ1n) is 6.92. The van der Waals surface area contributed by atoms with Crippen molar-refractivity contribution in [2.24, 2.45) is 0 Å². The molecule has 0 amide bonds. The minimum atomic E-state index is -0.365. The van der Waals surface area contributed by atoms with Gasteiger partial charge in [-0.2, -0.15) is 11.8 Å². The zero-order valence-electron chi connectivity index (χ0n) is 12.5. The monoisotopic (exact) mass is 275 g/mol. The molecule has 0 saturated heterocycles. The molecule has 0 aromatic carbocycles. The van der Waals surface area contributed by atoms with Crippen molar-refractivity contribution >= 4 is 17.7 Å². The number of esters is 1. The number of rotatable bonds is 9. The second kappa shape index (κ2) is 9.68. The minimum Gasteiger partial charge on any atom is -0.459 e. The highest BCUT2D eigenvalue weighted by Crippen LogP contribution is 2.12. The molecule has 0 aromatic heterocycles. The molecule has 0 bridgehead atoms. The molecule has 0 spiro atoms. The number of carbonyl (C=O) groups excluding carboxylic acids is 1. The number of carbonyl (C=O) groups is 1. The summed E-state index contributed by atoms with van der Waals surface area (Å²) in [7, 11) is 0. The van der Waals surface area contributed by atoms with Gasteiger partial charge in [0.25, 0.3) is 0 Å². The Hall–Kier alpha value is -0.220. The molecule has 0 aliphatic carbocycles. The quantitative estimate of drug-likeness (QED) is 0.518. The lowest BCUT2D eigenvalue weighted by Crippen LogP contribution is -2.28. The fraction of sp³-hybridized carbons (Fsp3) is 0.929. The van der Waals surface area contributed by atoms with E-state index in [1.807, 2.05) is 20.8 Å². The van der Waals surface area contributed by atoms with E-state index in [4.69, 9.17) is 4.74 Å². The number of nitrogens with one attached hydrogen (secondary N) is 1. The zero-order valence-corrected chi connectivity index (χ0v) is 13.4. The van der Waals surface area contributed by atoms with Crippen LogP contribution in [0.5, 0.6) is 0 Å². The van der Waals surface area contributed by atoms with Crippen molar-refractivity contribution in [1.82, 2.24) is 5.32 Å². The Bertz CT molecular complexity index is 226. The molecule has 3 nitrogen and oxygen atoms in total. The van der Waals surface area contributed by atoms with Gasteiger partial charge in [0.05, 0.1) is 5.75 Å². The predicted octanol–water partition coefficient (Wildman–Crippen LogP) is 3.23. The summed E-state index contributed by atoms with van der Waals surface area (Å²) in [5.41, 5.74) is -0.365. The van der Waals surface area contributed by atoms with Crippen molar-refractivity contribution in [1.29, 1.82) is 0 Å². The highest BCUT2D eigenvalue weighted by atomic mass is 32.2. The van der Waals surface area contributed by atoms with Gasteiger partial charge in [0.1, 0.15) is 5.60 Å². The molecule has 18 heavy (non-hydrogen) atoms. The van der Waals surface area contributed by atoms with Crippen LogP contribution in [0.15, 0.2) is 0 Å². The molecule has 1 N–H and O–H groups in total. The van der Waals surface area contributed by atoms with E-state index in [0.29, 0.717) is 11.8 Å². The maximum atomic E-state index is 11.5. The smallest absolute Gasteiger partial charge is 0.316 e. The maximum Gasteiger partial charge on any atom is 0.316 e. The van der Waals surface area contributed by atoms with Gasteiger partial charge < -0.3 is 10.1 Å². The second-order valence-electron chi connectivity index (χ2n) is 5.44. The maximum absolute atomic E-state index is 11.5. The first-order chi connectivity index (χ1) is 8.39. The van der Waals surface area contributed by atoms with Gasteiger partial charge in [-0.05, 0) is 52.3 Å². The topological polar surface area (TPSA) is 38.3 Å². The van der Waals surface area contributed by atoms with Gasteiger partial charge in [0, 0.05) is 6.04 Å². The molecule has 0 aliphatic rings. The summed E-state index contributed by atoms with van der Waals surface area (Å²) in [6.45, 7) is 11.1. The largest absolute Gasteiger partial charge is 0.459 e. The van der Waals surface area contributed by atoms with Crippen LogP contribution in [0, 0.1) is 0 Å². The van der Waals surface area contributed by atoms with Crippen molar-refractivity contribution in [3.63, 3.8) is 0 Å². The summed E-state index contributed by atoms with van der Waals surface area (Å²) in [6.07, 6.45) is 3.51. The van der Waals surface area contributed by atoms with E-state index in [9.17, 15) is 4.79 Å². The lowest BCUT2D eigenvalue weighted by Gasteiger charge is -2.19. The molecule has 108 valence electrons. The number of hydrogen-bond acceptors (Lipinski definition) is 4. The summed E-state index contributed by atoms with van der Waals surface area (Å²) in [4.78, 5) is 11.5. The van der Waals surface area contributed by atoms with E-state index in [0.717, 1.165) is 18.7 Å². The highest BCUT2D eigenvalue weighted by molar-refractivity contribution is 7.99. The third kappa shape index (κ3) is 10.9. The fourth-order valence-corrected chi connectivity index (χ4v) is 2.44. The van der Waals surface area contributed by atoms with Gasteiger partial charge in [-0.1, -0.05) is 13.8 Å². The van der Waals surface area contributed by atoms with Crippen LogP contribution in [0.3, 0.4) is 0 Å². The Kier molecular flexibility index (Phi) is 9.56. The lowest BCUT2D eigenvalue weighted by molar-refractivity contribution is -0.151. The standard InChI is InChI=1S/C14H29NO2S/c1-6-12(15-7-2)9-8-10-18-11-13(16)17-14(3,4)5/h12,15H,6-11H2,1-5H3. The van der Waals surface area contributed by atoms with E-state index in [1.165, 1.54) is 12.8 Å². The van der Waals surface area contributed by atoms with Gasteiger partial charge in [-0.15, -0.1) is 0 Å². The predicted molar refractivity (Wildman–Crippen MR) is 80.2 cm³/mol. The molecule has 4 heteroatoms. The van der Waals surface area contributed by atoms with Crippen LogP contribution < -0.4 is 5.32 Å². The molecule has 0 radical (unpaired) electrons. The van der Waals surface area contributed by atoms with Crippen molar-refractivity contribution < 1.29 is 9.53 Å². The van der Waals surface area contributed by atoms with Crippen molar-refractivity contribution in [2.45, 2.75) is 65.5 Å². The molecule has 1 unspecified atom stereocenters. The first kappa shape index (κ1) is 17.8. The molecule has 0 aliphatic heterocycles. The Morgan fingerprint density at radius 1 is 1.33 bits per heavy atom. The average molecular weight is 275 g/mol. The summed E-state index contributed by atoms with van der Waals surface area (Å²) in [5, 5.41) is 3.46. The van der Waals surface area contributed by atoms with Crippen LogP contribution in [0.25, 0.3) is 0 Å². The zero-order chi connectivity index (χ0) is 14.0. The SMILES string of the molecule is CCNC(CC)CCCSCC(=O)OC(C)(C)C. The number of hydrogen-bond donors (Lipinski definition) is 1. The van der Waals surface area contributed by atoms with E-state index in [2.05, 4.69) is 19.2 Å². The first-order valence-corrected chi connectivity index (χ1v) is 8.07. The van der Waals surface area contributed by atoms with Gasteiger partial charge >= 0.3 is 5.97 Å². The van der Waals surface area contributed by atoms with Crippen molar-refractivity contribution in [3.05, 3.63) is 0 Å². The van der Waals surface area contributed by atoms with Gasteiger partial charge in [0.2, 0.25) is 0 Å². The second-order valence-corrected chi connectivity index (χ2v) is 6.55. The molecule has 0 saturated carbocycles. The summed E-state index contributed by atoms with van der Waals surface area (Å²) in [5.74, 6) is 1.39. The van der Waals surface area contributed by atoms with Crippen molar-refractivity contribution in [3.8, 4) is 0 Å². The number of thioether (sulfide) groups is 1. The van der Waals surface area contributed by atoms with Gasteiger partial charge in [-0.3, -0.25) is 4.79 Å². The van der Waals surface area contributed by atoms with E-state index in [1.54, 1.807) is 11.8 Å². The molecular weight excluding hydrogens is 246 g/mol. The van der Waals surface area contributed by atoms with Crippen LogP contribution >= 0.6 is 11.8 Å². The Morgan fingerprint density at radius 3 is 2.50 bits per heavy atom. The highest BCUT2D eigenvalue weighted by Gasteiger charge is 2.15. The molecule has 0 rings (SSSR count). The Labute approximate surface area is 116 Å². The van der Waals surface area contributed by atoms with E-state index >= 15 is 0 Å². The van der Waals surface area contributed by atoms with E-state index in [-0.39, 0.29) is 11.6 Å². The summed E-state index contributed by atoms with van der Waals surface area (Å²) < 4.78 is 5.25. The Morgan fingerprint density at radius 2 is 2.00 bits per heavy atom. The van der Waals surface area contributed by atoms with Gasteiger partial charge in [0.15, 0.2) is 0 Å². The molecule has 0 aromatic rings. The molecular formula is C14H29NO2S. The summed E-state index contributed by atoms with van der Waals surface area (Å²) >= 11 is 1.67. The molecule has 0 fully saturated rings. The van der Waals surface area contributed by atoms with Crippen LogP contribution in [-0.2, 0) is 9.53 Å². The Balaban J connectivity index is 3.53. The lowest BCUT2D eigenvalue weighted by atomic mass is 10.1. The number of ether oxygens (including phenoxy) is 1. The molecule has 0 heterocycles. The van der Waals surface area contributed by atoms with Crippen LogP contribution in [0.2, 0.25) is 0 Å². The van der Waals surface area contributed by atoms with Crippen LogP contribution in [0.4, 0.5) is 0 Å². The minimum absolute atomic E-state index is 0.105. The molecule has 1 atom stereocenters. The van der Waals surface area contributed by atoms with Gasteiger partial charge in [-0.25, -0.2) is 0 Å².